The molecule has 0 atom stereocenters. The van der Waals surface area contributed by atoms with Gasteiger partial charge in [-0.3, -0.25) is 0 Å². The number of halogens is 2. The minimum Gasteiger partial charge on any atom is -0.238 e. The van der Waals surface area contributed by atoms with Crippen LogP contribution >= 0.6 is 22.9 Å². The highest BCUT2D eigenvalue weighted by Gasteiger charge is 2.09. The Bertz CT molecular complexity index is 430. The van der Waals surface area contributed by atoms with Crippen molar-refractivity contribution in [3.63, 3.8) is 0 Å². The van der Waals surface area contributed by atoms with E-state index >= 15 is 0 Å². The Morgan fingerprint density at radius 3 is 3.00 bits per heavy atom. The van der Waals surface area contributed by atoms with Gasteiger partial charge in [0.1, 0.15) is 6.33 Å². The highest BCUT2D eigenvalue weighted by Crippen LogP contribution is 2.17. The van der Waals surface area contributed by atoms with Gasteiger partial charge in [0.15, 0.2) is 11.0 Å². The van der Waals surface area contributed by atoms with Gasteiger partial charge in [-0.25, -0.2) is 14.4 Å². The fourth-order valence-corrected chi connectivity index (χ4v) is 1.91. The molecule has 0 bridgehead atoms. The molecule has 2 rings (SSSR count). The van der Waals surface area contributed by atoms with Crippen molar-refractivity contribution in [1.29, 1.82) is 0 Å². The van der Waals surface area contributed by atoms with Crippen molar-refractivity contribution in [3.05, 3.63) is 45.4 Å². The molecule has 72 valence electrons. The molecule has 0 aliphatic rings. The fraction of sp³-hybridized carbons (Fsp3) is 0.111. The Labute approximate surface area is 89.4 Å². The van der Waals surface area contributed by atoms with Crippen LogP contribution in [0, 0.1) is 5.82 Å². The van der Waals surface area contributed by atoms with Crippen LogP contribution in [0.25, 0.3) is 0 Å². The van der Waals surface area contributed by atoms with Gasteiger partial charge in [-0.05, 0) is 22.4 Å². The summed E-state index contributed by atoms with van der Waals surface area (Å²) in [5.41, 5.74) is 1.37. The van der Waals surface area contributed by atoms with E-state index in [4.69, 9.17) is 11.6 Å². The first-order valence-electron chi connectivity index (χ1n) is 3.93. The molecule has 2 aromatic rings. The van der Waals surface area contributed by atoms with Crippen molar-refractivity contribution in [1.82, 2.24) is 9.97 Å². The summed E-state index contributed by atoms with van der Waals surface area (Å²) in [6, 6.07) is 1.93. The molecule has 0 saturated carbocycles. The maximum Gasteiger partial charge on any atom is 0.182 e. The fourth-order valence-electron chi connectivity index (χ4n) is 1.09. The first-order chi connectivity index (χ1) is 6.77. The maximum atomic E-state index is 13.3. The largest absolute Gasteiger partial charge is 0.238 e. The smallest absolute Gasteiger partial charge is 0.182 e. The summed E-state index contributed by atoms with van der Waals surface area (Å²) in [6.45, 7) is 0. The van der Waals surface area contributed by atoms with Crippen molar-refractivity contribution in [2.24, 2.45) is 0 Å². The number of hydrogen-bond donors (Lipinski definition) is 0. The summed E-state index contributed by atoms with van der Waals surface area (Å²) in [7, 11) is 0. The zero-order chi connectivity index (χ0) is 9.97. The zero-order valence-electron chi connectivity index (χ0n) is 7.08. The molecule has 2 aromatic heterocycles. The normalized spacial score (nSPS) is 10.4. The average molecular weight is 229 g/mol. The number of thiophene rings is 1. The third kappa shape index (κ3) is 1.91. The van der Waals surface area contributed by atoms with Gasteiger partial charge >= 0.3 is 0 Å². The second-order valence-corrected chi connectivity index (χ2v) is 3.87. The number of nitrogens with zero attached hydrogens (tertiary/aromatic N) is 2. The van der Waals surface area contributed by atoms with E-state index in [2.05, 4.69) is 9.97 Å². The molecule has 0 spiro atoms. The van der Waals surface area contributed by atoms with Crippen LogP contribution in [-0.4, -0.2) is 9.97 Å². The van der Waals surface area contributed by atoms with Gasteiger partial charge in [-0.2, -0.15) is 11.3 Å². The minimum atomic E-state index is -0.527. The summed E-state index contributed by atoms with van der Waals surface area (Å²) < 4.78 is 13.3. The summed E-state index contributed by atoms with van der Waals surface area (Å²) in [4.78, 5) is 7.40. The van der Waals surface area contributed by atoms with Crippen molar-refractivity contribution < 1.29 is 4.39 Å². The van der Waals surface area contributed by atoms with E-state index in [-0.39, 0.29) is 5.15 Å². The molecule has 0 unspecified atom stereocenters. The molecule has 0 saturated heterocycles. The molecule has 0 aromatic carbocycles. The van der Waals surface area contributed by atoms with E-state index in [1.54, 1.807) is 11.3 Å². The van der Waals surface area contributed by atoms with Gasteiger partial charge in [0, 0.05) is 6.42 Å². The summed E-state index contributed by atoms with van der Waals surface area (Å²) in [5, 5.41) is 3.77. The zero-order valence-corrected chi connectivity index (χ0v) is 8.65. The lowest BCUT2D eigenvalue weighted by Gasteiger charge is -2.00. The van der Waals surface area contributed by atoms with Gasteiger partial charge in [-0.1, -0.05) is 11.6 Å². The Morgan fingerprint density at radius 2 is 2.29 bits per heavy atom. The van der Waals surface area contributed by atoms with E-state index < -0.39 is 5.82 Å². The topological polar surface area (TPSA) is 25.8 Å². The maximum absolute atomic E-state index is 13.3. The minimum absolute atomic E-state index is 0.120. The first-order valence-corrected chi connectivity index (χ1v) is 5.25. The van der Waals surface area contributed by atoms with Gasteiger partial charge in [0.2, 0.25) is 0 Å². The lowest BCUT2D eigenvalue weighted by molar-refractivity contribution is 0.596. The molecule has 0 radical (unpaired) electrons. The van der Waals surface area contributed by atoms with Crippen LogP contribution < -0.4 is 0 Å². The highest BCUT2D eigenvalue weighted by molar-refractivity contribution is 7.07. The molecular formula is C9H6ClFN2S. The van der Waals surface area contributed by atoms with Crippen LogP contribution in [0.2, 0.25) is 5.15 Å². The molecule has 0 fully saturated rings. The second kappa shape index (κ2) is 4.02. The van der Waals surface area contributed by atoms with E-state index in [1.807, 2.05) is 16.8 Å². The Kier molecular flexibility index (Phi) is 2.74. The van der Waals surface area contributed by atoms with Crippen LogP contribution in [0.1, 0.15) is 11.3 Å². The van der Waals surface area contributed by atoms with Crippen molar-refractivity contribution in [3.8, 4) is 0 Å². The standard InChI is InChI=1S/C9H6ClFN2S/c10-9-8(11)7(12-5-13-9)3-6-1-2-14-4-6/h1-2,4-5H,3H2. The molecular weight excluding hydrogens is 223 g/mol. The van der Waals surface area contributed by atoms with Gasteiger partial charge in [0.05, 0.1) is 5.69 Å². The third-order valence-corrected chi connectivity index (χ3v) is 2.77. The van der Waals surface area contributed by atoms with Crippen molar-refractivity contribution in [2.75, 3.05) is 0 Å². The van der Waals surface area contributed by atoms with Crippen molar-refractivity contribution >= 4 is 22.9 Å². The summed E-state index contributed by atoms with van der Waals surface area (Å²) in [5.74, 6) is -0.527. The lowest BCUT2D eigenvalue weighted by Crippen LogP contribution is -1.98. The quantitative estimate of drug-likeness (QED) is 0.739. The Morgan fingerprint density at radius 1 is 1.43 bits per heavy atom. The number of aromatic nitrogens is 2. The summed E-state index contributed by atoms with van der Waals surface area (Å²) >= 11 is 7.10. The molecule has 5 heteroatoms. The van der Waals surface area contributed by atoms with E-state index in [9.17, 15) is 4.39 Å². The third-order valence-electron chi connectivity index (χ3n) is 1.77. The summed E-state index contributed by atoms with van der Waals surface area (Å²) in [6.07, 6.45) is 1.73. The lowest BCUT2D eigenvalue weighted by atomic mass is 10.2. The van der Waals surface area contributed by atoms with E-state index in [1.165, 1.54) is 6.33 Å². The van der Waals surface area contributed by atoms with Crippen LogP contribution in [0.3, 0.4) is 0 Å². The monoisotopic (exact) mass is 228 g/mol. The van der Waals surface area contributed by atoms with Crippen LogP contribution in [0.5, 0.6) is 0 Å². The molecule has 0 N–H and O–H groups in total. The predicted molar refractivity (Wildman–Crippen MR) is 54.1 cm³/mol. The van der Waals surface area contributed by atoms with Gasteiger partial charge in [0.25, 0.3) is 0 Å². The number of hydrogen-bond acceptors (Lipinski definition) is 3. The van der Waals surface area contributed by atoms with Crippen LogP contribution in [0.4, 0.5) is 4.39 Å². The molecule has 0 aliphatic carbocycles. The molecule has 2 nitrogen and oxygen atoms in total. The van der Waals surface area contributed by atoms with E-state index in [0.29, 0.717) is 12.1 Å². The highest BCUT2D eigenvalue weighted by atomic mass is 35.5. The molecule has 0 aliphatic heterocycles. The van der Waals surface area contributed by atoms with Crippen molar-refractivity contribution in [2.45, 2.75) is 6.42 Å². The van der Waals surface area contributed by atoms with Crippen LogP contribution in [-0.2, 0) is 6.42 Å². The average Bonchev–Trinajstić information content (AvgIpc) is 2.66. The number of rotatable bonds is 2. The predicted octanol–water partition coefficient (Wildman–Crippen LogP) is 2.92. The van der Waals surface area contributed by atoms with Gasteiger partial charge in [-0.15, -0.1) is 0 Å². The SMILES string of the molecule is Fc1c(Cl)ncnc1Cc1ccsc1. The second-order valence-electron chi connectivity index (χ2n) is 2.73. The van der Waals surface area contributed by atoms with E-state index in [0.717, 1.165) is 5.56 Å². The van der Waals surface area contributed by atoms with Gasteiger partial charge < -0.3 is 0 Å². The molecule has 2 heterocycles. The molecule has 0 amide bonds. The van der Waals surface area contributed by atoms with Crippen LogP contribution in [0.15, 0.2) is 23.2 Å². The first kappa shape index (κ1) is 9.55. The molecule has 14 heavy (non-hydrogen) atoms. The Hall–Kier alpha value is -1.00. The Balaban J connectivity index is 2.29.